The molecule has 1 heteroatoms. The summed E-state index contributed by atoms with van der Waals surface area (Å²) in [7, 11) is 2.56. The number of hydrogen-bond acceptors (Lipinski definition) is 0. The van der Waals surface area contributed by atoms with E-state index in [1.54, 1.807) is 0 Å². The zero-order valence-corrected chi connectivity index (χ0v) is 8.84. The maximum atomic E-state index is 2.56. The van der Waals surface area contributed by atoms with E-state index in [0.717, 1.165) is 12.8 Å². The quantitative estimate of drug-likeness (QED) is 0.503. The monoisotopic (exact) mass is 190 g/mol. The highest BCUT2D eigenvalue weighted by Crippen LogP contribution is 2.02. The fraction of sp³-hybridized carbons (Fsp3) is 0.167. The van der Waals surface area contributed by atoms with Gasteiger partial charge in [-0.25, -0.2) is 0 Å². The van der Waals surface area contributed by atoms with Gasteiger partial charge in [0.15, 0.2) is 0 Å². The summed E-state index contributed by atoms with van der Waals surface area (Å²) in [6.45, 7) is 0. The predicted molar refractivity (Wildman–Crippen MR) is 62.8 cm³/mol. The molecule has 1 aromatic carbocycles. The van der Waals surface area contributed by atoms with Crippen LogP contribution in [0.15, 0.2) is 54.4 Å². The molecule has 1 atom stereocenters. The number of rotatable bonds is 4. The molecule has 0 radical (unpaired) electrons. The zero-order valence-electron chi connectivity index (χ0n) is 7.69. The summed E-state index contributed by atoms with van der Waals surface area (Å²) in [5.41, 5.74) is 1.40. The smallest absolute Gasteiger partial charge is 0.0244 e. The van der Waals surface area contributed by atoms with Crippen molar-refractivity contribution in [3.05, 3.63) is 59.9 Å². The largest absolute Gasteiger partial charge is 0.114 e. The number of allylic oxidation sites excluding steroid dienone is 3. The van der Waals surface area contributed by atoms with Crippen LogP contribution in [0.2, 0.25) is 0 Å². The van der Waals surface area contributed by atoms with E-state index in [0.29, 0.717) is 0 Å². The van der Waals surface area contributed by atoms with Crippen molar-refractivity contribution < 1.29 is 0 Å². The molecule has 1 unspecified atom stereocenters. The second kappa shape index (κ2) is 6.62. The Kier molecular flexibility index (Phi) is 5.20. The molecule has 0 amide bonds. The van der Waals surface area contributed by atoms with Gasteiger partial charge in [-0.2, -0.15) is 0 Å². The lowest BCUT2D eigenvalue weighted by Gasteiger charge is -1.95. The Morgan fingerprint density at radius 1 is 1.08 bits per heavy atom. The van der Waals surface area contributed by atoms with Crippen LogP contribution in [0.3, 0.4) is 0 Å². The molecule has 13 heavy (non-hydrogen) atoms. The van der Waals surface area contributed by atoms with Crippen LogP contribution >= 0.6 is 9.24 Å². The average Bonchev–Trinajstić information content (AvgIpc) is 2.19. The number of hydrogen-bond donors (Lipinski definition) is 0. The summed E-state index contributed by atoms with van der Waals surface area (Å²) < 4.78 is 0. The number of aryl methyl sites for hydroxylation is 1. The van der Waals surface area contributed by atoms with Crippen molar-refractivity contribution in [1.82, 2.24) is 0 Å². The van der Waals surface area contributed by atoms with Crippen LogP contribution in [0.1, 0.15) is 12.0 Å². The molecule has 0 aliphatic rings. The molecule has 68 valence electrons. The van der Waals surface area contributed by atoms with Crippen LogP contribution in [-0.4, -0.2) is 0 Å². The Balaban J connectivity index is 2.28. The van der Waals surface area contributed by atoms with Crippen LogP contribution in [-0.2, 0) is 6.42 Å². The van der Waals surface area contributed by atoms with Gasteiger partial charge in [0.25, 0.3) is 0 Å². The van der Waals surface area contributed by atoms with Crippen LogP contribution < -0.4 is 0 Å². The Morgan fingerprint density at radius 2 is 1.85 bits per heavy atom. The highest BCUT2D eigenvalue weighted by molar-refractivity contribution is 7.20. The first-order valence-electron chi connectivity index (χ1n) is 4.51. The first-order valence-corrected chi connectivity index (χ1v) is 5.17. The normalized spacial score (nSPS) is 11.5. The Morgan fingerprint density at radius 3 is 2.54 bits per heavy atom. The van der Waals surface area contributed by atoms with E-state index in [1.807, 2.05) is 11.9 Å². The minimum absolute atomic E-state index is 1.11. The first kappa shape index (κ1) is 10.2. The minimum Gasteiger partial charge on any atom is -0.114 e. The van der Waals surface area contributed by atoms with Crippen molar-refractivity contribution in [2.24, 2.45) is 0 Å². The SMILES string of the molecule is P/C=C/C=C/CCc1ccccc1. The maximum absolute atomic E-state index is 2.56. The predicted octanol–water partition coefficient (Wildman–Crippen LogP) is 3.56. The molecule has 0 heterocycles. The van der Waals surface area contributed by atoms with E-state index in [4.69, 9.17) is 0 Å². The van der Waals surface area contributed by atoms with E-state index < -0.39 is 0 Å². The molecule has 0 saturated carbocycles. The van der Waals surface area contributed by atoms with E-state index in [1.165, 1.54) is 5.56 Å². The summed E-state index contributed by atoms with van der Waals surface area (Å²) >= 11 is 0. The van der Waals surface area contributed by atoms with Gasteiger partial charge in [-0.3, -0.25) is 0 Å². The average molecular weight is 190 g/mol. The summed E-state index contributed by atoms with van der Waals surface area (Å²) in [6, 6.07) is 10.6. The fourth-order valence-electron chi connectivity index (χ4n) is 1.13. The van der Waals surface area contributed by atoms with E-state index in [2.05, 4.69) is 51.7 Å². The van der Waals surface area contributed by atoms with Gasteiger partial charge in [-0.15, -0.1) is 9.24 Å². The molecule has 0 aromatic heterocycles. The standard InChI is InChI=1S/C12H15P/c13-11-7-2-1-4-8-12-9-5-3-6-10-12/h1-3,5-7,9-11H,4,8,13H2/b2-1+,11-7+. The topological polar surface area (TPSA) is 0 Å². The third kappa shape index (κ3) is 4.65. The van der Waals surface area contributed by atoms with Crippen molar-refractivity contribution >= 4 is 9.24 Å². The molecule has 0 spiro atoms. The van der Waals surface area contributed by atoms with Crippen LogP contribution in [0, 0.1) is 0 Å². The minimum atomic E-state index is 1.11. The van der Waals surface area contributed by atoms with Crippen molar-refractivity contribution in [2.75, 3.05) is 0 Å². The lowest BCUT2D eigenvalue weighted by Crippen LogP contribution is -1.80. The zero-order chi connectivity index (χ0) is 9.36. The van der Waals surface area contributed by atoms with Crippen LogP contribution in [0.4, 0.5) is 0 Å². The van der Waals surface area contributed by atoms with Gasteiger partial charge in [0.1, 0.15) is 0 Å². The molecule has 0 N–H and O–H groups in total. The highest BCUT2D eigenvalue weighted by atomic mass is 31.0. The summed E-state index contributed by atoms with van der Waals surface area (Å²) in [5.74, 6) is 1.96. The van der Waals surface area contributed by atoms with Gasteiger partial charge >= 0.3 is 0 Å². The molecule has 1 aromatic rings. The lowest BCUT2D eigenvalue weighted by atomic mass is 10.1. The van der Waals surface area contributed by atoms with Crippen LogP contribution in [0.25, 0.3) is 0 Å². The maximum Gasteiger partial charge on any atom is -0.0244 e. The summed E-state index contributed by atoms with van der Waals surface area (Å²) in [5, 5.41) is 0. The molecule has 0 nitrogen and oxygen atoms in total. The Hall–Kier alpha value is -0.870. The van der Waals surface area contributed by atoms with Crippen molar-refractivity contribution in [3.63, 3.8) is 0 Å². The Bertz CT molecular complexity index is 272. The highest BCUT2D eigenvalue weighted by Gasteiger charge is 1.86. The van der Waals surface area contributed by atoms with Gasteiger partial charge < -0.3 is 0 Å². The molecular weight excluding hydrogens is 175 g/mol. The Labute approximate surface area is 82.6 Å². The van der Waals surface area contributed by atoms with Gasteiger partial charge in [0.05, 0.1) is 0 Å². The first-order chi connectivity index (χ1) is 6.43. The molecular formula is C12H15P. The lowest BCUT2D eigenvalue weighted by molar-refractivity contribution is 1.00. The summed E-state index contributed by atoms with van der Waals surface area (Å²) in [4.78, 5) is 0. The molecule has 0 aliphatic heterocycles. The molecule has 0 fully saturated rings. The van der Waals surface area contributed by atoms with Gasteiger partial charge in [-0.1, -0.05) is 54.4 Å². The molecule has 0 bridgehead atoms. The fourth-order valence-corrected chi connectivity index (χ4v) is 1.26. The molecule has 0 saturated heterocycles. The third-order valence-corrected chi connectivity index (χ3v) is 2.02. The molecule has 1 rings (SSSR count). The van der Waals surface area contributed by atoms with E-state index in [9.17, 15) is 0 Å². The van der Waals surface area contributed by atoms with E-state index in [-0.39, 0.29) is 0 Å². The second-order valence-electron chi connectivity index (χ2n) is 2.84. The third-order valence-electron chi connectivity index (χ3n) is 1.80. The molecule has 0 aliphatic carbocycles. The van der Waals surface area contributed by atoms with Gasteiger partial charge in [0.2, 0.25) is 0 Å². The second-order valence-corrected chi connectivity index (χ2v) is 3.22. The van der Waals surface area contributed by atoms with Crippen molar-refractivity contribution in [1.29, 1.82) is 0 Å². The van der Waals surface area contributed by atoms with Crippen molar-refractivity contribution in [3.8, 4) is 0 Å². The van der Waals surface area contributed by atoms with E-state index >= 15 is 0 Å². The van der Waals surface area contributed by atoms with Gasteiger partial charge in [0, 0.05) is 0 Å². The van der Waals surface area contributed by atoms with Crippen LogP contribution in [0.5, 0.6) is 0 Å². The van der Waals surface area contributed by atoms with Gasteiger partial charge in [-0.05, 0) is 18.4 Å². The number of benzene rings is 1. The summed E-state index contributed by atoms with van der Waals surface area (Å²) in [6.07, 6.45) is 8.53. The van der Waals surface area contributed by atoms with Crippen molar-refractivity contribution in [2.45, 2.75) is 12.8 Å².